The summed E-state index contributed by atoms with van der Waals surface area (Å²) >= 11 is 0. The highest BCUT2D eigenvalue weighted by Gasteiger charge is 2.50. The van der Waals surface area contributed by atoms with E-state index in [1.165, 1.54) is 58.0 Å². The molecule has 344 valence electrons. The van der Waals surface area contributed by atoms with E-state index in [4.69, 9.17) is 31.3 Å². The molecule has 4 heterocycles. The van der Waals surface area contributed by atoms with Gasteiger partial charge >= 0.3 is 11.8 Å². The highest BCUT2D eigenvalue weighted by Crippen LogP contribution is 2.55. The number of ketones is 1. The van der Waals surface area contributed by atoms with Gasteiger partial charge in [0.15, 0.2) is 5.75 Å². The lowest BCUT2D eigenvalue weighted by Crippen LogP contribution is -2.47. The molecule has 7 rings (SSSR count). The van der Waals surface area contributed by atoms with Gasteiger partial charge in [0.25, 0.3) is 11.7 Å². The maximum atomic E-state index is 14.6. The largest absolute Gasteiger partial charge is 0.507 e. The number of anilines is 1. The first-order valence-electron chi connectivity index (χ1n) is 25.3. The number of nitrogens with zero attached hydrogens (tertiary/aromatic N) is 3. The Morgan fingerprint density at radius 2 is 1.63 bits per heavy atom. The number of phenolic OH excluding ortho intramolecular Hbond substituents is 3. The molecule has 5 aliphatic rings. The molecule has 0 spiro atoms. The second-order valence-electron chi connectivity index (χ2n) is 16.7. The first-order valence-corrected chi connectivity index (χ1v) is 20.8. The second-order valence-corrected chi connectivity index (χ2v) is 16.7. The molecule has 0 aromatic heterocycles. The van der Waals surface area contributed by atoms with Crippen LogP contribution in [0.4, 0.5) is 5.69 Å². The zero-order valence-corrected chi connectivity index (χ0v) is 36.8. The molecule has 1 saturated heterocycles. The van der Waals surface area contributed by atoms with Crippen LogP contribution in [0.15, 0.2) is 41.2 Å². The van der Waals surface area contributed by atoms with Crippen molar-refractivity contribution in [3.05, 3.63) is 52.8 Å². The number of ether oxygens (including phenoxy) is 4. The van der Waals surface area contributed by atoms with Gasteiger partial charge in [0.05, 0.1) is 53.0 Å². The second kappa shape index (κ2) is 19.3. The van der Waals surface area contributed by atoms with Gasteiger partial charge in [0.1, 0.15) is 23.4 Å². The summed E-state index contributed by atoms with van der Waals surface area (Å²) in [6.45, 7) is 11.0. The third kappa shape index (κ3) is 9.40. The first kappa shape index (κ1) is 36.2. The number of Topliss-reactive ketones (excluding diaryl/α,β-unsaturated/α-hetero) is 1. The van der Waals surface area contributed by atoms with Crippen LogP contribution in [0, 0.1) is 30.6 Å². The van der Waals surface area contributed by atoms with Crippen LogP contribution in [-0.2, 0) is 23.8 Å². The number of aromatic hydroxyl groups is 3. The first-order chi connectivity index (χ1) is 33.2. The van der Waals surface area contributed by atoms with E-state index in [9.17, 15) is 39.9 Å². The number of carbonyl (C=O) groups is 3. The maximum absolute atomic E-state index is 14.6. The van der Waals surface area contributed by atoms with Crippen LogP contribution in [0.25, 0.3) is 10.8 Å². The lowest BCUT2D eigenvalue weighted by molar-refractivity contribution is -0.160. The van der Waals surface area contributed by atoms with Crippen LogP contribution in [0.1, 0.15) is 108 Å². The van der Waals surface area contributed by atoms with Crippen molar-refractivity contribution in [2.45, 2.75) is 117 Å². The van der Waals surface area contributed by atoms with Gasteiger partial charge in [-0.1, -0.05) is 58.7 Å². The minimum absolute atomic E-state index is 0.0385. The molecule has 1 amide bonds. The SMILES string of the molecule is [2H]C1([2H])C([2H])([2H])C([2H])([2H])C([2H])(N2CCN(/N=C/c3c4c(O)c5c(O)c(C)c6c(c5c3O)C(=O)[C@@](C)(O/C=C\[C@H](OC)[C@@H](C)[C@@H](OC(C)=O)[C@H](C)[C@H](O)[C@H](C)[C@@H](O)[C@@H](C)/C=C\C=C(\C)C(=O)N4)O6)CC2)C1([2H])[2H]. The van der Waals surface area contributed by atoms with Crippen molar-refractivity contribution in [3.63, 3.8) is 0 Å². The van der Waals surface area contributed by atoms with E-state index >= 15 is 0 Å². The van der Waals surface area contributed by atoms with Crippen LogP contribution >= 0.6 is 0 Å². The van der Waals surface area contributed by atoms with E-state index in [-0.39, 0.29) is 54.2 Å². The summed E-state index contributed by atoms with van der Waals surface area (Å²) in [5.74, 6) is -9.79. The van der Waals surface area contributed by atoms with E-state index in [1.54, 1.807) is 33.8 Å². The summed E-state index contributed by atoms with van der Waals surface area (Å²) in [5, 5.41) is 66.5. The number of hydrazone groups is 1. The zero-order valence-electron chi connectivity index (χ0n) is 45.8. The Labute approximate surface area is 381 Å². The van der Waals surface area contributed by atoms with Gasteiger partial charge in [0, 0.05) is 106 Å². The molecule has 2 aromatic carbocycles. The molecule has 9 atom stereocenters. The number of allylic oxidation sites excluding steroid dienone is 2. The fraction of sp³-hybridized carbons (Fsp3) is 0.574. The predicted molar refractivity (Wildman–Crippen MR) is 237 cm³/mol. The minimum Gasteiger partial charge on any atom is -0.507 e. The Kier molecular flexibility index (Phi) is 11.1. The summed E-state index contributed by atoms with van der Waals surface area (Å²) in [7, 11) is 1.39. The van der Waals surface area contributed by atoms with E-state index < -0.39 is 137 Å². The number of fused-ring (bicyclic) bond motifs is 14. The van der Waals surface area contributed by atoms with Crippen LogP contribution in [0.3, 0.4) is 0 Å². The molecule has 5 bridgehead atoms. The van der Waals surface area contributed by atoms with Gasteiger partial charge in [-0.05, 0) is 32.7 Å². The van der Waals surface area contributed by atoms with E-state index in [0.29, 0.717) is 0 Å². The zero-order chi connectivity index (χ0) is 54.2. The maximum Gasteiger partial charge on any atom is 0.312 e. The number of aliphatic hydroxyl groups is 2. The summed E-state index contributed by atoms with van der Waals surface area (Å²) in [5.41, 5.74) is -1.22. The van der Waals surface area contributed by atoms with Gasteiger partial charge in [-0.25, -0.2) is 0 Å². The van der Waals surface area contributed by atoms with E-state index in [2.05, 4.69) is 10.4 Å². The Hall–Kier alpha value is -5.16. The number of amides is 1. The van der Waals surface area contributed by atoms with Crippen LogP contribution in [0.5, 0.6) is 23.0 Å². The summed E-state index contributed by atoms with van der Waals surface area (Å²) in [6, 6.07) is -3.03. The summed E-state index contributed by atoms with van der Waals surface area (Å²) < 4.78 is 99.6. The highest BCUT2D eigenvalue weighted by molar-refractivity contribution is 6.23. The fourth-order valence-electron chi connectivity index (χ4n) is 8.42. The fourth-order valence-corrected chi connectivity index (χ4v) is 8.42. The van der Waals surface area contributed by atoms with Gasteiger partial charge in [0.2, 0.25) is 0 Å². The van der Waals surface area contributed by atoms with Crippen molar-refractivity contribution < 1.29 is 71.2 Å². The van der Waals surface area contributed by atoms with Crippen molar-refractivity contribution in [1.29, 1.82) is 0 Å². The number of esters is 1. The number of phenols is 3. The molecule has 4 aliphatic heterocycles. The normalized spacial score (nSPS) is 38.2. The van der Waals surface area contributed by atoms with Gasteiger partial charge < -0.3 is 49.8 Å². The molecule has 1 saturated carbocycles. The highest BCUT2D eigenvalue weighted by atomic mass is 16.7. The van der Waals surface area contributed by atoms with E-state index in [1.807, 2.05) is 0 Å². The number of hydrogen-bond donors (Lipinski definition) is 6. The molecule has 16 nitrogen and oxygen atoms in total. The summed E-state index contributed by atoms with van der Waals surface area (Å²) in [4.78, 5) is 42.0. The molecule has 0 unspecified atom stereocenters. The van der Waals surface area contributed by atoms with Crippen molar-refractivity contribution in [2.75, 3.05) is 38.6 Å². The number of methoxy groups -OCH3 is 1. The predicted octanol–water partition coefficient (Wildman–Crippen LogP) is 5.65. The van der Waals surface area contributed by atoms with Crippen LogP contribution in [0.2, 0.25) is 0 Å². The number of rotatable bonds is 5. The topological polar surface area (TPSA) is 220 Å². The average Bonchev–Trinajstić information content (AvgIpc) is 3.61. The Bertz CT molecular complexity index is 2600. The van der Waals surface area contributed by atoms with Crippen molar-refractivity contribution in [3.8, 4) is 23.0 Å². The molecule has 16 heteroatoms. The quantitative estimate of drug-likeness (QED) is 0.0926. The lowest BCUT2D eigenvalue weighted by Gasteiger charge is -2.38. The third-order valence-electron chi connectivity index (χ3n) is 12.4. The smallest absolute Gasteiger partial charge is 0.312 e. The Morgan fingerprint density at radius 3 is 2.27 bits per heavy atom. The number of carbonyl (C=O) groups excluding carboxylic acids is 3. The van der Waals surface area contributed by atoms with Crippen molar-refractivity contribution >= 4 is 40.3 Å². The lowest BCUT2D eigenvalue weighted by atomic mass is 9.78. The van der Waals surface area contributed by atoms with Gasteiger partial charge in [-0.2, -0.15) is 5.10 Å². The molecule has 2 aromatic rings. The van der Waals surface area contributed by atoms with E-state index in [0.717, 1.165) is 17.4 Å². The van der Waals surface area contributed by atoms with Gasteiger partial charge in [-0.3, -0.25) is 24.3 Å². The van der Waals surface area contributed by atoms with Crippen LogP contribution < -0.4 is 10.1 Å². The standard InChI is InChI=1S/C47H64N4O12/c1-24-13-12-14-25(2)46(59)49-37-32(23-48-51-20-18-50(19-21-51)31-15-10-11-16-31)41(56)34-35(42(37)57)40(55)29(6)44-36(34)45(58)47(8,63-44)61-22-17-33(60-9)26(3)43(62-30(7)52)28(5)39(54)27(4)38(24)53/h12-14,17,22-24,26-28,31,33,38-39,43,53-57H,10-11,15-16,18-21H2,1-9H3,(H,49,59)/b13-12-,22-17-,25-14-,48-23+/t24-,26+,27+,28+,33-,38-,39+,43+,47-/m0/s1/i10D2,11D2,15D2,16D2,31D. The van der Waals surface area contributed by atoms with Crippen molar-refractivity contribution in [2.24, 2.45) is 28.8 Å². The average molecular weight is 886 g/mol. The molecular formula is C47H64N4O12. The molecular weight excluding hydrogens is 813 g/mol. The number of hydrogen-bond acceptors (Lipinski definition) is 15. The summed E-state index contributed by atoms with van der Waals surface area (Å²) in [6.07, 6.45) is -9.58. The van der Waals surface area contributed by atoms with Crippen molar-refractivity contribution in [1.82, 2.24) is 9.91 Å². The minimum atomic E-state index is -3.40. The number of piperazine rings is 1. The number of nitrogens with one attached hydrogen (secondary N) is 1. The number of benzene rings is 2. The third-order valence-corrected chi connectivity index (χ3v) is 12.4. The molecule has 0 radical (unpaired) electrons. The molecule has 1 aliphatic carbocycles. The molecule has 63 heavy (non-hydrogen) atoms. The Morgan fingerprint density at radius 1 is 0.968 bits per heavy atom. The monoisotopic (exact) mass is 886 g/mol. The van der Waals surface area contributed by atoms with Crippen LogP contribution in [-0.4, -0.2) is 129 Å². The van der Waals surface area contributed by atoms with Gasteiger partial charge in [-0.15, -0.1) is 0 Å². The molecule has 6 N–H and O–H groups in total. The number of aliphatic hydroxyl groups excluding tert-OH is 2. The molecule has 2 fully saturated rings. The Balaban J connectivity index is 1.47.